The zero-order valence-corrected chi connectivity index (χ0v) is 6.18. The Morgan fingerprint density at radius 2 is 2.45 bits per heavy atom. The van der Waals surface area contributed by atoms with E-state index in [-0.39, 0.29) is 12.6 Å². The van der Waals surface area contributed by atoms with Crippen molar-refractivity contribution in [2.45, 2.75) is 12.1 Å². The lowest BCUT2D eigenvalue weighted by Crippen LogP contribution is -2.35. The molecule has 2 heterocycles. The predicted octanol–water partition coefficient (Wildman–Crippen LogP) is -0.571. The third kappa shape index (κ3) is 1.34. The first kappa shape index (κ1) is 7.00. The van der Waals surface area contributed by atoms with E-state index in [1.165, 1.54) is 0 Å². The Hall–Kier alpha value is -0.680. The van der Waals surface area contributed by atoms with E-state index in [0.29, 0.717) is 19.2 Å². The number of aliphatic hydroxyl groups is 1. The molecular formula is C6H11N3O2. The first-order valence-electron chi connectivity index (χ1n) is 3.78. The summed E-state index contributed by atoms with van der Waals surface area (Å²) in [4.78, 5) is 0. The van der Waals surface area contributed by atoms with Crippen LogP contribution in [0.1, 0.15) is 0 Å². The number of hydrogen-bond acceptors (Lipinski definition) is 5. The zero-order valence-electron chi connectivity index (χ0n) is 6.18. The monoisotopic (exact) mass is 157 g/mol. The molecular weight excluding hydrogens is 146 g/mol. The average Bonchev–Trinajstić information content (AvgIpc) is 2.75. The van der Waals surface area contributed by atoms with Crippen molar-refractivity contribution in [1.29, 1.82) is 0 Å². The number of hydrogen-bond donors (Lipinski definition) is 1. The van der Waals surface area contributed by atoms with Crippen LogP contribution in [0.4, 0.5) is 0 Å². The molecule has 0 amide bonds. The van der Waals surface area contributed by atoms with Crippen molar-refractivity contribution in [3.05, 3.63) is 0 Å². The molecule has 0 radical (unpaired) electrons. The Balaban J connectivity index is 1.89. The lowest BCUT2D eigenvalue weighted by molar-refractivity contribution is 0.154. The minimum atomic E-state index is 0.127. The molecule has 1 fully saturated rings. The van der Waals surface area contributed by atoms with Gasteiger partial charge < -0.3 is 9.84 Å². The van der Waals surface area contributed by atoms with Crippen molar-refractivity contribution in [2.24, 2.45) is 10.3 Å². The Bertz CT molecular complexity index is 169. The van der Waals surface area contributed by atoms with Gasteiger partial charge in [-0.2, -0.15) is 5.11 Å². The normalized spacial score (nSPS) is 34.8. The van der Waals surface area contributed by atoms with Gasteiger partial charge in [0.2, 0.25) is 0 Å². The molecule has 11 heavy (non-hydrogen) atoms. The summed E-state index contributed by atoms with van der Waals surface area (Å²) >= 11 is 0. The summed E-state index contributed by atoms with van der Waals surface area (Å²) in [5, 5.41) is 18.2. The fraction of sp³-hybridized carbons (Fsp3) is 1.00. The number of rotatable bonds is 3. The molecule has 2 aliphatic rings. The lowest BCUT2D eigenvalue weighted by Gasteiger charge is -2.18. The SMILES string of the molecule is OCCN1N=NCC1C1CO1. The Morgan fingerprint density at radius 3 is 3.09 bits per heavy atom. The van der Waals surface area contributed by atoms with E-state index in [0.717, 1.165) is 6.61 Å². The van der Waals surface area contributed by atoms with Gasteiger partial charge in [-0.1, -0.05) is 5.22 Å². The molecule has 2 atom stereocenters. The highest BCUT2D eigenvalue weighted by atomic mass is 16.6. The van der Waals surface area contributed by atoms with Crippen LogP contribution >= 0.6 is 0 Å². The van der Waals surface area contributed by atoms with Crippen molar-refractivity contribution < 1.29 is 9.84 Å². The maximum absolute atomic E-state index is 8.66. The number of ether oxygens (including phenoxy) is 1. The quantitative estimate of drug-likeness (QED) is 0.558. The lowest BCUT2D eigenvalue weighted by atomic mass is 10.2. The van der Waals surface area contributed by atoms with Crippen molar-refractivity contribution >= 4 is 0 Å². The molecule has 0 aromatic carbocycles. The molecule has 2 aliphatic heterocycles. The van der Waals surface area contributed by atoms with Crippen molar-refractivity contribution in [2.75, 3.05) is 26.3 Å². The summed E-state index contributed by atoms with van der Waals surface area (Å²) in [7, 11) is 0. The summed E-state index contributed by atoms with van der Waals surface area (Å²) in [5.74, 6) is 0. The van der Waals surface area contributed by atoms with Gasteiger partial charge in [0.15, 0.2) is 0 Å². The standard InChI is InChI=1S/C6H11N3O2/c10-2-1-9-5(3-7-8-9)6-4-11-6/h5-6,10H,1-4H2. The van der Waals surface area contributed by atoms with Crippen molar-refractivity contribution in [3.8, 4) is 0 Å². The van der Waals surface area contributed by atoms with Crippen LogP contribution in [-0.2, 0) is 4.74 Å². The van der Waals surface area contributed by atoms with Crippen LogP contribution in [0, 0.1) is 0 Å². The maximum atomic E-state index is 8.66. The van der Waals surface area contributed by atoms with Crippen LogP contribution in [0.25, 0.3) is 0 Å². The fourth-order valence-corrected chi connectivity index (χ4v) is 1.26. The number of β-amino-alcohol motifs (C(OH)–C–C–N with tert-alkyl or cyclic N) is 1. The van der Waals surface area contributed by atoms with Gasteiger partial charge in [-0.25, -0.2) is 0 Å². The van der Waals surface area contributed by atoms with Gasteiger partial charge in [0, 0.05) is 0 Å². The highest BCUT2D eigenvalue weighted by molar-refractivity contribution is 4.89. The topological polar surface area (TPSA) is 60.7 Å². The minimum Gasteiger partial charge on any atom is -0.394 e. The molecule has 62 valence electrons. The van der Waals surface area contributed by atoms with Gasteiger partial charge in [-0.15, -0.1) is 0 Å². The summed E-state index contributed by atoms with van der Waals surface area (Å²) in [6.07, 6.45) is 0.302. The van der Waals surface area contributed by atoms with Gasteiger partial charge >= 0.3 is 0 Å². The average molecular weight is 157 g/mol. The summed E-state index contributed by atoms with van der Waals surface area (Å²) in [5.41, 5.74) is 0. The highest BCUT2D eigenvalue weighted by Crippen LogP contribution is 2.23. The van der Waals surface area contributed by atoms with Crippen molar-refractivity contribution in [3.63, 3.8) is 0 Å². The Morgan fingerprint density at radius 1 is 1.64 bits per heavy atom. The van der Waals surface area contributed by atoms with E-state index in [4.69, 9.17) is 9.84 Å². The molecule has 2 unspecified atom stereocenters. The van der Waals surface area contributed by atoms with E-state index >= 15 is 0 Å². The summed E-state index contributed by atoms with van der Waals surface area (Å²) in [6.45, 7) is 2.22. The Labute approximate surface area is 64.6 Å². The predicted molar refractivity (Wildman–Crippen MR) is 37.0 cm³/mol. The third-order valence-corrected chi connectivity index (χ3v) is 1.95. The second-order valence-corrected chi connectivity index (χ2v) is 2.74. The maximum Gasteiger partial charge on any atom is 0.105 e. The van der Waals surface area contributed by atoms with E-state index in [2.05, 4.69) is 10.3 Å². The second-order valence-electron chi connectivity index (χ2n) is 2.74. The molecule has 2 rings (SSSR count). The van der Waals surface area contributed by atoms with Crippen LogP contribution in [0.15, 0.2) is 10.3 Å². The van der Waals surface area contributed by atoms with Crippen LogP contribution in [0.2, 0.25) is 0 Å². The molecule has 0 aliphatic carbocycles. The second kappa shape index (κ2) is 2.75. The molecule has 5 nitrogen and oxygen atoms in total. The van der Waals surface area contributed by atoms with Gasteiger partial charge in [0.1, 0.15) is 6.10 Å². The van der Waals surface area contributed by atoms with Crippen molar-refractivity contribution in [1.82, 2.24) is 5.01 Å². The Kier molecular flexibility index (Phi) is 1.75. The van der Waals surface area contributed by atoms with Crippen LogP contribution in [0.3, 0.4) is 0 Å². The van der Waals surface area contributed by atoms with E-state index in [9.17, 15) is 0 Å². The zero-order chi connectivity index (χ0) is 7.68. The minimum absolute atomic E-state index is 0.127. The van der Waals surface area contributed by atoms with Crippen LogP contribution in [0.5, 0.6) is 0 Å². The van der Waals surface area contributed by atoms with E-state index in [1.54, 1.807) is 5.01 Å². The first-order valence-corrected chi connectivity index (χ1v) is 3.78. The van der Waals surface area contributed by atoms with Gasteiger partial charge in [0.05, 0.1) is 32.3 Å². The smallest absolute Gasteiger partial charge is 0.105 e. The fourth-order valence-electron chi connectivity index (χ4n) is 1.26. The van der Waals surface area contributed by atoms with Crippen LogP contribution in [-0.4, -0.2) is 48.6 Å². The van der Waals surface area contributed by atoms with E-state index < -0.39 is 0 Å². The summed E-state index contributed by atoms with van der Waals surface area (Å²) < 4.78 is 5.13. The largest absolute Gasteiger partial charge is 0.394 e. The van der Waals surface area contributed by atoms with E-state index in [1.807, 2.05) is 0 Å². The van der Waals surface area contributed by atoms with Crippen LogP contribution < -0.4 is 0 Å². The molecule has 0 spiro atoms. The molecule has 0 aromatic rings. The molecule has 1 N–H and O–H groups in total. The molecule has 5 heteroatoms. The third-order valence-electron chi connectivity index (χ3n) is 1.95. The molecule has 0 bridgehead atoms. The molecule has 0 aromatic heterocycles. The highest BCUT2D eigenvalue weighted by Gasteiger charge is 2.38. The van der Waals surface area contributed by atoms with Gasteiger partial charge in [0.25, 0.3) is 0 Å². The van der Waals surface area contributed by atoms with Gasteiger partial charge in [-0.3, -0.25) is 5.01 Å². The molecule has 1 saturated heterocycles. The first-order chi connectivity index (χ1) is 5.42. The summed E-state index contributed by atoms with van der Waals surface area (Å²) in [6, 6.07) is 0.280. The van der Waals surface area contributed by atoms with Gasteiger partial charge in [-0.05, 0) is 0 Å². The molecule has 0 saturated carbocycles. The number of epoxide rings is 1. The number of aliphatic hydroxyl groups excluding tert-OH is 1. The number of nitrogens with zero attached hydrogens (tertiary/aromatic N) is 3.